The number of rotatable bonds is 6. The number of hydrogen-bond donors (Lipinski definition) is 2. The summed E-state index contributed by atoms with van der Waals surface area (Å²) in [6.07, 6.45) is 0.625. The Morgan fingerprint density at radius 2 is 2.19 bits per heavy atom. The first-order valence-electron chi connectivity index (χ1n) is 6.34. The zero-order chi connectivity index (χ0) is 15.2. The minimum Gasteiger partial charge on any atom is -0.480 e. The Bertz CT molecular complexity index is 628. The number of carboxylic acid groups (broad SMARTS) is 1. The van der Waals surface area contributed by atoms with Gasteiger partial charge in [-0.15, -0.1) is 0 Å². The molecule has 2 aromatic rings. The van der Waals surface area contributed by atoms with Crippen LogP contribution < -0.4 is 5.32 Å². The van der Waals surface area contributed by atoms with Crippen LogP contribution in [0.2, 0.25) is 0 Å². The first-order chi connectivity index (χ1) is 10.1. The van der Waals surface area contributed by atoms with E-state index in [9.17, 15) is 9.59 Å². The Hall–Kier alpha value is -2.76. The molecule has 0 saturated carbocycles. The monoisotopic (exact) mass is 289 g/mol. The van der Waals surface area contributed by atoms with E-state index >= 15 is 0 Å². The van der Waals surface area contributed by atoms with Gasteiger partial charge in [0.2, 0.25) is 0 Å². The fourth-order valence-electron chi connectivity index (χ4n) is 1.86. The topological polar surface area (TPSA) is 88.8 Å². The van der Waals surface area contributed by atoms with Crippen LogP contribution in [0, 0.1) is 0 Å². The molecule has 1 aromatic heterocycles. The molecule has 0 spiro atoms. The first-order valence-corrected chi connectivity index (χ1v) is 6.34. The van der Waals surface area contributed by atoms with Gasteiger partial charge in [0, 0.05) is 11.8 Å². The molecule has 1 atom stereocenters. The quantitative estimate of drug-likeness (QED) is 0.797. The molecule has 0 aliphatic rings. The van der Waals surface area contributed by atoms with Gasteiger partial charge in [-0.25, -0.2) is 9.59 Å². The Labute approximate surface area is 121 Å². The minimum atomic E-state index is -1.16. The number of carbonyl (C=O) groups excluding carboxylic acids is 1. The van der Waals surface area contributed by atoms with E-state index in [1.807, 2.05) is 18.2 Å². The summed E-state index contributed by atoms with van der Waals surface area (Å²) in [5.41, 5.74) is 0.672. The third-order valence-corrected chi connectivity index (χ3v) is 2.80. The average molecular weight is 289 g/mol. The van der Waals surface area contributed by atoms with Gasteiger partial charge in [0.1, 0.15) is 24.0 Å². The van der Waals surface area contributed by atoms with Crippen molar-refractivity contribution in [3.8, 4) is 0 Å². The lowest BCUT2D eigenvalue weighted by Gasteiger charge is -2.12. The maximum absolute atomic E-state index is 11.4. The number of fused-ring (bicyclic) bond motifs is 1. The Balaban J connectivity index is 2.06. The van der Waals surface area contributed by atoms with Crippen LogP contribution in [0.15, 0.2) is 47.4 Å². The fourth-order valence-corrected chi connectivity index (χ4v) is 1.86. The van der Waals surface area contributed by atoms with Gasteiger partial charge >= 0.3 is 12.1 Å². The number of para-hydroxylation sites is 1. The van der Waals surface area contributed by atoms with Gasteiger partial charge < -0.3 is 19.6 Å². The molecule has 0 saturated heterocycles. The summed E-state index contributed by atoms with van der Waals surface area (Å²) >= 11 is 0. The highest BCUT2D eigenvalue weighted by atomic mass is 16.5. The number of aliphatic carboxylic acids is 1. The van der Waals surface area contributed by atoms with Crippen LogP contribution in [-0.4, -0.2) is 29.8 Å². The molecule has 1 aromatic carbocycles. The molecule has 0 radical (unpaired) electrons. The summed E-state index contributed by atoms with van der Waals surface area (Å²) in [6, 6.07) is 7.98. The zero-order valence-electron chi connectivity index (χ0n) is 11.2. The number of ether oxygens (including phenoxy) is 1. The molecule has 21 heavy (non-hydrogen) atoms. The van der Waals surface area contributed by atoms with Crippen molar-refractivity contribution in [3.05, 3.63) is 48.7 Å². The second kappa shape index (κ2) is 6.60. The predicted octanol–water partition coefficient (Wildman–Crippen LogP) is 2.34. The van der Waals surface area contributed by atoms with Crippen LogP contribution in [0.1, 0.15) is 5.76 Å². The Kier molecular flexibility index (Phi) is 4.61. The molecular formula is C15H15NO5. The molecule has 2 N–H and O–H groups in total. The molecule has 6 nitrogen and oxygen atoms in total. The number of furan rings is 1. The summed E-state index contributed by atoms with van der Waals surface area (Å²) in [5, 5.41) is 12.3. The number of benzene rings is 1. The van der Waals surface area contributed by atoms with Crippen LogP contribution >= 0.6 is 0 Å². The summed E-state index contributed by atoms with van der Waals surface area (Å²) < 4.78 is 10.2. The van der Waals surface area contributed by atoms with Crippen molar-refractivity contribution in [1.29, 1.82) is 0 Å². The van der Waals surface area contributed by atoms with E-state index in [4.69, 9.17) is 14.3 Å². The second-order valence-electron chi connectivity index (χ2n) is 4.38. The summed E-state index contributed by atoms with van der Waals surface area (Å²) in [4.78, 5) is 22.6. The highest BCUT2D eigenvalue weighted by Gasteiger charge is 2.22. The van der Waals surface area contributed by atoms with E-state index in [0.717, 1.165) is 5.39 Å². The lowest BCUT2D eigenvalue weighted by Crippen LogP contribution is -2.42. The lowest BCUT2D eigenvalue weighted by molar-refractivity contribution is -0.139. The number of nitrogens with one attached hydrogen (secondary N) is 1. The number of carbonyl (C=O) groups is 2. The van der Waals surface area contributed by atoms with Gasteiger partial charge in [-0.2, -0.15) is 0 Å². The second-order valence-corrected chi connectivity index (χ2v) is 4.38. The van der Waals surface area contributed by atoms with Crippen molar-refractivity contribution in [3.63, 3.8) is 0 Å². The Morgan fingerprint density at radius 3 is 2.86 bits per heavy atom. The number of carboxylic acids is 1. The summed E-state index contributed by atoms with van der Waals surface area (Å²) in [6.45, 7) is 3.42. The van der Waals surface area contributed by atoms with E-state index in [1.54, 1.807) is 12.1 Å². The summed E-state index contributed by atoms with van der Waals surface area (Å²) in [5.74, 6) is -0.682. The van der Waals surface area contributed by atoms with E-state index in [0.29, 0.717) is 11.3 Å². The normalized spacial score (nSPS) is 11.8. The van der Waals surface area contributed by atoms with Crippen LogP contribution in [-0.2, 0) is 16.0 Å². The maximum atomic E-state index is 11.4. The van der Waals surface area contributed by atoms with Crippen molar-refractivity contribution in [2.75, 3.05) is 6.61 Å². The van der Waals surface area contributed by atoms with E-state index < -0.39 is 18.1 Å². The third kappa shape index (κ3) is 3.85. The molecule has 0 fully saturated rings. The highest BCUT2D eigenvalue weighted by Crippen LogP contribution is 2.19. The number of amides is 1. The third-order valence-electron chi connectivity index (χ3n) is 2.80. The van der Waals surface area contributed by atoms with Gasteiger partial charge in [-0.05, 0) is 12.1 Å². The fraction of sp³-hybridized carbons (Fsp3) is 0.200. The molecule has 1 unspecified atom stereocenters. The SMILES string of the molecule is C=CCOC(=O)NC(Cc1cc2ccccc2o1)C(=O)O. The van der Waals surface area contributed by atoms with Crippen molar-refractivity contribution < 1.29 is 23.8 Å². The van der Waals surface area contributed by atoms with Crippen LogP contribution in [0.3, 0.4) is 0 Å². The standard InChI is InChI=1S/C15H15NO5/c1-2-7-20-15(19)16-12(14(17)18)9-11-8-10-5-3-4-6-13(10)21-11/h2-6,8,12H,1,7,9H2,(H,16,19)(H,17,18). The molecule has 0 bridgehead atoms. The smallest absolute Gasteiger partial charge is 0.408 e. The van der Waals surface area contributed by atoms with E-state index in [1.165, 1.54) is 6.08 Å². The van der Waals surface area contributed by atoms with Crippen LogP contribution in [0.4, 0.5) is 4.79 Å². The largest absolute Gasteiger partial charge is 0.480 e. The van der Waals surface area contributed by atoms with Crippen molar-refractivity contribution in [2.45, 2.75) is 12.5 Å². The van der Waals surface area contributed by atoms with Crippen LogP contribution in [0.5, 0.6) is 0 Å². The van der Waals surface area contributed by atoms with E-state index in [-0.39, 0.29) is 13.0 Å². The van der Waals surface area contributed by atoms with Crippen molar-refractivity contribution in [2.24, 2.45) is 0 Å². The van der Waals surface area contributed by atoms with Crippen LogP contribution in [0.25, 0.3) is 11.0 Å². The molecule has 0 aliphatic carbocycles. The zero-order valence-corrected chi connectivity index (χ0v) is 11.2. The predicted molar refractivity (Wildman–Crippen MR) is 76.0 cm³/mol. The molecular weight excluding hydrogens is 274 g/mol. The van der Waals surface area contributed by atoms with Crippen molar-refractivity contribution in [1.82, 2.24) is 5.32 Å². The molecule has 110 valence electrons. The van der Waals surface area contributed by atoms with Gasteiger partial charge in [0.05, 0.1) is 0 Å². The van der Waals surface area contributed by atoms with Gasteiger partial charge in [0.15, 0.2) is 0 Å². The highest BCUT2D eigenvalue weighted by molar-refractivity contribution is 5.81. The number of alkyl carbamates (subject to hydrolysis) is 1. The molecule has 1 amide bonds. The molecule has 1 heterocycles. The number of hydrogen-bond acceptors (Lipinski definition) is 4. The maximum Gasteiger partial charge on any atom is 0.408 e. The van der Waals surface area contributed by atoms with E-state index in [2.05, 4.69) is 11.9 Å². The van der Waals surface area contributed by atoms with Crippen molar-refractivity contribution >= 4 is 23.0 Å². The summed E-state index contributed by atoms with van der Waals surface area (Å²) in [7, 11) is 0. The minimum absolute atomic E-state index is 0.0167. The average Bonchev–Trinajstić information content (AvgIpc) is 2.86. The first kappa shape index (κ1) is 14.6. The Morgan fingerprint density at radius 1 is 1.43 bits per heavy atom. The molecule has 2 rings (SSSR count). The van der Waals surface area contributed by atoms with Gasteiger partial charge in [0.25, 0.3) is 0 Å². The molecule has 0 aliphatic heterocycles. The lowest BCUT2D eigenvalue weighted by atomic mass is 10.1. The van der Waals surface area contributed by atoms with Gasteiger partial charge in [-0.1, -0.05) is 30.9 Å². The van der Waals surface area contributed by atoms with Gasteiger partial charge in [-0.3, -0.25) is 0 Å². The molecule has 6 heteroatoms.